The summed E-state index contributed by atoms with van der Waals surface area (Å²) in [4.78, 5) is 42.2. The molecule has 6 aromatic carbocycles. The number of aryl methyl sites for hydroxylation is 1. The van der Waals surface area contributed by atoms with Gasteiger partial charge in [-0.05, 0) is 65.4 Å². The lowest BCUT2D eigenvalue weighted by Gasteiger charge is -2.01. The summed E-state index contributed by atoms with van der Waals surface area (Å²) in [5.74, 6) is 0.920. The summed E-state index contributed by atoms with van der Waals surface area (Å²) in [7, 11) is 2.67. The normalized spacial score (nSPS) is 11.3. The Morgan fingerprint density at radius 1 is 0.455 bits per heavy atom. The van der Waals surface area contributed by atoms with Gasteiger partial charge in [-0.15, -0.1) is 0 Å². The molecule has 10 rings (SSSR count). The van der Waals surface area contributed by atoms with Crippen LogP contribution >= 0.6 is 0 Å². The molecule has 0 bridgehead atoms. The van der Waals surface area contributed by atoms with Crippen LogP contribution in [0, 0.1) is 6.92 Å². The maximum Gasteiger partial charge on any atom is 0.340 e. The largest absolute Gasteiger partial charge is 0.465 e. The second-order valence-electron chi connectivity index (χ2n) is 12.4. The Bertz CT molecular complexity index is 3090. The molecule has 4 aromatic heterocycles. The van der Waals surface area contributed by atoms with E-state index >= 15 is 0 Å². The molecule has 4 heterocycles. The number of rotatable bonds is 5. The smallest absolute Gasteiger partial charge is 0.340 e. The summed E-state index contributed by atoms with van der Waals surface area (Å²) >= 11 is 0. The molecule has 0 amide bonds. The number of carbonyl (C=O) groups excluding carboxylic acids is 2. The van der Waals surface area contributed by atoms with Crippen LogP contribution in [0.3, 0.4) is 0 Å². The first-order valence-electron chi connectivity index (χ1n) is 17.1. The molecule has 0 fully saturated rings. The van der Waals surface area contributed by atoms with Crippen LogP contribution in [0.2, 0.25) is 0 Å². The fourth-order valence-corrected chi connectivity index (χ4v) is 6.56. The fourth-order valence-electron chi connectivity index (χ4n) is 6.56. The molecule has 0 aliphatic heterocycles. The number of hydrogen-bond donors (Lipinski definition) is 0. The maximum absolute atomic E-state index is 12.1. The van der Waals surface area contributed by atoms with Crippen LogP contribution in [0.15, 0.2) is 133 Å². The van der Waals surface area contributed by atoms with Crippen LogP contribution in [-0.4, -0.2) is 46.1 Å². The molecular formula is C43H28N4O8. The number of nitrogens with zero attached hydrogens (tertiary/aromatic N) is 4. The lowest BCUT2D eigenvalue weighted by atomic mass is 10.0. The molecule has 0 radical (unpaired) electrons. The zero-order valence-electron chi connectivity index (χ0n) is 29.5. The molecule has 0 saturated heterocycles. The van der Waals surface area contributed by atoms with Crippen molar-refractivity contribution in [3.63, 3.8) is 0 Å². The SMILES string of the molecule is COC(=O)c1cccc2oc(-c3cccc4oc(-c5cccc6ccccc56)nc34)nc12.COC(=O)c1cccc2oc(-c3cccc4oc(C)nc34)nc12. The number of para-hydroxylation sites is 4. The molecule has 0 N–H and O–H groups in total. The average molecular weight is 729 g/mol. The lowest BCUT2D eigenvalue weighted by Crippen LogP contribution is -2.01. The van der Waals surface area contributed by atoms with Crippen molar-refractivity contribution >= 4 is 67.1 Å². The summed E-state index contributed by atoms with van der Waals surface area (Å²) in [6.45, 7) is 1.78. The van der Waals surface area contributed by atoms with Gasteiger partial charge in [0.1, 0.15) is 22.1 Å². The highest BCUT2D eigenvalue weighted by Gasteiger charge is 2.22. The molecule has 12 heteroatoms. The predicted octanol–water partition coefficient (Wildman–Crippen LogP) is 9.97. The van der Waals surface area contributed by atoms with Gasteiger partial charge in [0.15, 0.2) is 28.2 Å². The van der Waals surface area contributed by atoms with Crippen LogP contribution in [0.25, 0.3) is 89.5 Å². The Kier molecular flexibility index (Phi) is 8.12. The maximum atomic E-state index is 12.1. The summed E-state index contributed by atoms with van der Waals surface area (Å²) in [6, 6.07) is 35.6. The van der Waals surface area contributed by atoms with E-state index in [1.165, 1.54) is 14.2 Å². The predicted molar refractivity (Wildman–Crippen MR) is 204 cm³/mol. The number of esters is 2. The van der Waals surface area contributed by atoms with Gasteiger partial charge >= 0.3 is 11.9 Å². The number of benzene rings is 6. The first-order chi connectivity index (χ1) is 26.9. The van der Waals surface area contributed by atoms with E-state index in [2.05, 4.69) is 33.2 Å². The molecule has 268 valence electrons. The van der Waals surface area contributed by atoms with Crippen molar-refractivity contribution in [3.8, 4) is 34.4 Å². The Balaban J connectivity index is 0.000000153. The Morgan fingerprint density at radius 2 is 0.873 bits per heavy atom. The quantitative estimate of drug-likeness (QED) is 0.155. The minimum Gasteiger partial charge on any atom is -0.465 e. The zero-order chi connectivity index (χ0) is 37.6. The van der Waals surface area contributed by atoms with Crippen molar-refractivity contribution in [1.82, 2.24) is 19.9 Å². The van der Waals surface area contributed by atoms with E-state index in [1.807, 2.05) is 60.7 Å². The molecule has 0 aliphatic carbocycles. The first-order valence-corrected chi connectivity index (χ1v) is 17.1. The van der Waals surface area contributed by atoms with Gasteiger partial charge in [0.2, 0.25) is 17.7 Å². The number of hydrogen-bond acceptors (Lipinski definition) is 12. The minimum atomic E-state index is -0.465. The van der Waals surface area contributed by atoms with Crippen molar-refractivity contribution in [2.24, 2.45) is 0 Å². The topological polar surface area (TPSA) is 157 Å². The van der Waals surface area contributed by atoms with Gasteiger partial charge in [-0.1, -0.05) is 60.7 Å². The van der Waals surface area contributed by atoms with Crippen molar-refractivity contribution in [3.05, 3.63) is 132 Å². The molecule has 0 saturated carbocycles. The van der Waals surface area contributed by atoms with Crippen molar-refractivity contribution in [1.29, 1.82) is 0 Å². The van der Waals surface area contributed by atoms with Crippen LogP contribution in [0.1, 0.15) is 26.6 Å². The number of oxazole rings is 4. The zero-order valence-corrected chi connectivity index (χ0v) is 29.5. The van der Waals surface area contributed by atoms with Gasteiger partial charge in [0.05, 0.1) is 36.5 Å². The van der Waals surface area contributed by atoms with Crippen molar-refractivity contribution in [2.45, 2.75) is 6.92 Å². The van der Waals surface area contributed by atoms with Gasteiger partial charge < -0.3 is 27.1 Å². The van der Waals surface area contributed by atoms with E-state index in [0.29, 0.717) is 90.2 Å². The molecular weight excluding hydrogens is 700 g/mol. The van der Waals surface area contributed by atoms with Crippen molar-refractivity contribution in [2.75, 3.05) is 14.2 Å². The standard InChI is InChI=1S/C26H16N2O4.C17H12N2O4/c1-30-26(29)19-12-6-14-21-23(19)28-25(32-21)18-11-5-13-20-22(18)27-24(31-20)17-10-4-8-15-7-2-3-9-16(15)17;1-9-18-14-10(5-3-7-12(14)22-9)16-19-15-11(17(20)21-2)6-4-8-13(15)23-16/h2-14H,1H3;3-8H,1-2H3. The number of methoxy groups -OCH3 is 2. The average Bonchev–Trinajstić information content (AvgIpc) is 4.03. The third kappa shape index (κ3) is 5.82. The van der Waals surface area contributed by atoms with Gasteiger partial charge in [-0.3, -0.25) is 0 Å². The summed E-state index contributed by atoms with van der Waals surface area (Å²) in [6.07, 6.45) is 0. The number of carbonyl (C=O) groups is 2. The van der Waals surface area contributed by atoms with E-state index in [0.717, 1.165) is 16.3 Å². The lowest BCUT2D eigenvalue weighted by molar-refractivity contribution is 0.0594. The second kappa shape index (κ2) is 13.4. The molecule has 10 aromatic rings. The van der Waals surface area contributed by atoms with E-state index in [1.54, 1.807) is 43.3 Å². The molecule has 0 aliphatic rings. The highest BCUT2D eigenvalue weighted by molar-refractivity contribution is 6.04. The second-order valence-corrected chi connectivity index (χ2v) is 12.4. The highest BCUT2D eigenvalue weighted by atomic mass is 16.5. The van der Waals surface area contributed by atoms with E-state index in [9.17, 15) is 9.59 Å². The Hall–Kier alpha value is -7.60. The van der Waals surface area contributed by atoms with E-state index < -0.39 is 11.9 Å². The third-order valence-electron chi connectivity index (χ3n) is 9.07. The highest BCUT2D eigenvalue weighted by Crippen LogP contribution is 2.36. The van der Waals surface area contributed by atoms with Gasteiger partial charge in [0, 0.05) is 12.5 Å². The number of ether oxygens (including phenoxy) is 2. The molecule has 0 spiro atoms. The van der Waals surface area contributed by atoms with Crippen LogP contribution < -0.4 is 0 Å². The van der Waals surface area contributed by atoms with Crippen molar-refractivity contribution < 1.29 is 36.7 Å². The Labute approximate surface area is 311 Å². The monoisotopic (exact) mass is 728 g/mol. The molecule has 0 atom stereocenters. The third-order valence-corrected chi connectivity index (χ3v) is 9.07. The number of fused-ring (bicyclic) bond motifs is 5. The molecule has 55 heavy (non-hydrogen) atoms. The minimum absolute atomic E-state index is 0.351. The van der Waals surface area contributed by atoms with Crippen LogP contribution in [0.5, 0.6) is 0 Å². The van der Waals surface area contributed by atoms with E-state index in [4.69, 9.17) is 32.1 Å². The Morgan fingerprint density at radius 3 is 1.45 bits per heavy atom. The van der Waals surface area contributed by atoms with Gasteiger partial charge in [-0.25, -0.2) is 29.5 Å². The summed E-state index contributed by atoms with van der Waals surface area (Å²) in [5, 5.41) is 2.18. The van der Waals surface area contributed by atoms with E-state index in [-0.39, 0.29) is 0 Å². The van der Waals surface area contributed by atoms with Crippen LogP contribution in [-0.2, 0) is 9.47 Å². The molecule has 12 nitrogen and oxygen atoms in total. The van der Waals surface area contributed by atoms with Gasteiger partial charge in [-0.2, -0.15) is 0 Å². The molecule has 0 unspecified atom stereocenters. The first kappa shape index (κ1) is 33.3. The summed E-state index contributed by atoms with van der Waals surface area (Å²) < 4.78 is 33.1. The summed E-state index contributed by atoms with van der Waals surface area (Å²) in [5.41, 5.74) is 7.56. The fraction of sp³-hybridized carbons (Fsp3) is 0.0698. The van der Waals surface area contributed by atoms with Gasteiger partial charge in [0.25, 0.3) is 0 Å². The number of aromatic nitrogens is 4. The van der Waals surface area contributed by atoms with Crippen LogP contribution in [0.4, 0.5) is 0 Å².